The second-order valence-corrected chi connectivity index (χ2v) is 6.31. The van der Waals surface area contributed by atoms with Crippen molar-refractivity contribution < 1.29 is 19.1 Å². The third kappa shape index (κ3) is 6.46. The molecule has 132 valence electrons. The van der Waals surface area contributed by atoms with E-state index in [-0.39, 0.29) is 13.2 Å². The maximum Gasteiger partial charge on any atom is 0.276 e. The minimum Gasteiger partial charge on any atom is -0.484 e. The monoisotopic (exact) mass is 406 g/mol. The highest BCUT2D eigenvalue weighted by molar-refractivity contribution is 9.10. The van der Waals surface area contributed by atoms with Crippen LogP contribution in [0.5, 0.6) is 11.5 Å². The zero-order valence-electron chi connectivity index (χ0n) is 14.0. The molecule has 0 aliphatic heterocycles. The van der Waals surface area contributed by atoms with Gasteiger partial charge in [0.1, 0.15) is 11.5 Å². The summed E-state index contributed by atoms with van der Waals surface area (Å²) >= 11 is 3.31. The fourth-order valence-electron chi connectivity index (χ4n) is 1.90. The van der Waals surface area contributed by atoms with Gasteiger partial charge in [-0.2, -0.15) is 0 Å². The molecule has 0 fully saturated rings. The maximum atomic E-state index is 11.7. The number of hydrogen-bond acceptors (Lipinski definition) is 4. The van der Waals surface area contributed by atoms with Crippen LogP contribution in [0.4, 0.5) is 0 Å². The molecule has 0 saturated carbocycles. The predicted octanol–water partition coefficient (Wildman–Crippen LogP) is 2.67. The molecule has 0 heterocycles. The molecular formula is C18H19BrN2O4. The van der Waals surface area contributed by atoms with E-state index >= 15 is 0 Å². The molecule has 0 radical (unpaired) electrons. The van der Waals surface area contributed by atoms with Crippen LogP contribution in [0.2, 0.25) is 0 Å². The number of carbonyl (C=O) groups is 2. The van der Waals surface area contributed by atoms with Crippen molar-refractivity contribution in [2.75, 3.05) is 13.2 Å². The second-order valence-electron chi connectivity index (χ2n) is 5.40. The topological polar surface area (TPSA) is 76.7 Å². The minimum absolute atomic E-state index is 0.196. The fourth-order valence-corrected chi connectivity index (χ4v) is 2.16. The first-order valence-corrected chi connectivity index (χ1v) is 8.39. The van der Waals surface area contributed by atoms with Gasteiger partial charge in [-0.3, -0.25) is 20.4 Å². The molecule has 0 spiro atoms. The summed E-state index contributed by atoms with van der Waals surface area (Å²) < 4.78 is 11.7. The van der Waals surface area contributed by atoms with Crippen LogP contribution >= 0.6 is 15.9 Å². The Balaban J connectivity index is 1.69. The average Bonchev–Trinajstić information content (AvgIpc) is 2.60. The molecule has 2 aromatic carbocycles. The third-order valence-corrected chi connectivity index (χ3v) is 3.76. The quantitative estimate of drug-likeness (QED) is 0.722. The van der Waals surface area contributed by atoms with E-state index in [1.165, 1.54) is 0 Å². The van der Waals surface area contributed by atoms with E-state index in [4.69, 9.17) is 9.47 Å². The molecule has 2 N–H and O–H groups in total. The van der Waals surface area contributed by atoms with Crippen molar-refractivity contribution in [3.63, 3.8) is 0 Å². The lowest BCUT2D eigenvalue weighted by molar-refractivity contribution is -0.131. The van der Waals surface area contributed by atoms with Crippen LogP contribution < -0.4 is 20.3 Å². The van der Waals surface area contributed by atoms with Crippen molar-refractivity contribution in [2.24, 2.45) is 0 Å². The molecule has 6 nitrogen and oxygen atoms in total. The largest absolute Gasteiger partial charge is 0.484 e. The highest BCUT2D eigenvalue weighted by Gasteiger charge is 2.08. The van der Waals surface area contributed by atoms with Crippen molar-refractivity contribution in [3.05, 3.63) is 58.1 Å². The Kier molecular flexibility index (Phi) is 6.82. The zero-order valence-corrected chi connectivity index (χ0v) is 15.6. The lowest BCUT2D eigenvalue weighted by Gasteiger charge is -2.11. The number of amides is 2. The summed E-state index contributed by atoms with van der Waals surface area (Å²) in [5, 5.41) is 0. The highest BCUT2D eigenvalue weighted by Crippen LogP contribution is 2.18. The number of hydrazine groups is 1. The smallest absolute Gasteiger partial charge is 0.276 e. The summed E-state index contributed by atoms with van der Waals surface area (Å²) in [5.74, 6) is 0.267. The summed E-state index contributed by atoms with van der Waals surface area (Å²) in [6, 6.07) is 12.8. The van der Waals surface area contributed by atoms with Gasteiger partial charge in [-0.05, 0) is 55.3 Å². The first-order valence-electron chi connectivity index (χ1n) is 7.60. The molecule has 0 atom stereocenters. The van der Waals surface area contributed by atoms with Gasteiger partial charge < -0.3 is 9.47 Å². The van der Waals surface area contributed by atoms with Crippen molar-refractivity contribution in [3.8, 4) is 11.5 Å². The molecule has 7 heteroatoms. The van der Waals surface area contributed by atoms with Gasteiger partial charge in [0.05, 0.1) is 0 Å². The van der Waals surface area contributed by atoms with E-state index in [0.29, 0.717) is 11.5 Å². The van der Waals surface area contributed by atoms with Crippen molar-refractivity contribution in [1.82, 2.24) is 10.9 Å². The van der Waals surface area contributed by atoms with Gasteiger partial charge in [0, 0.05) is 4.47 Å². The first-order chi connectivity index (χ1) is 11.9. The van der Waals surface area contributed by atoms with Crippen molar-refractivity contribution >= 4 is 27.7 Å². The standard InChI is InChI=1S/C18H19BrN2O4/c1-12-3-4-13(2)16(9-12)25-11-18(23)21-20-17(22)10-24-15-7-5-14(19)6-8-15/h3-9H,10-11H2,1-2H3,(H,20,22)(H,21,23). The van der Waals surface area contributed by atoms with E-state index < -0.39 is 11.8 Å². The van der Waals surface area contributed by atoms with Crippen LogP contribution in [-0.2, 0) is 9.59 Å². The normalized spacial score (nSPS) is 10.0. The summed E-state index contributed by atoms with van der Waals surface area (Å²) in [6.07, 6.45) is 0. The number of carbonyl (C=O) groups excluding carboxylic acids is 2. The van der Waals surface area contributed by atoms with Crippen LogP contribution in [0.1, 0.15) is 11.1 Å². The van der Waals surface area contributed by atoms with E-state index in [1.54, 1.807) is 24.3 Å². The van der Waals surface area contributed by atoms with E-state index in [0.717, 1.165) is 15.6 Å². The summed E-state index contributed by atoms with van der Waals surface area (Å²) in [5.41, 5.74) is 6.53. The Morgan fingerprint density at radius 2 is 1.52 bits per heavy atom. The van der Waals surface area contributed by atoms with Gasteiger partial charge in [0.25, 0.3) is 11.8 Å². The molecule has 0 aliphatic carbocycles. The van der Waals surface area contributed by atoms with Crippen molar-refractivity contribution in [1.29, 1.82) is 0 Å². The van der Waals surface area contributed by atoms with Gasteiger partial charge in [0.15, 0.2) is 13.2 Å². The van der Waals surface area contributed by atoms with Crippen LogP contribution in [-0.4, -0.2) is 25.0 Å². The van der Waals surface area contributed by atoms with Crippen LogP contribution in [0, 0.1) is 13.8 Å². The predicted molar refractivity (Wildman–Crippen MR) is 97.3 cm³/mol. The van der Waals surface area contributed by atoms with Crippen molar-refractivity contribution in [2.45, 2.75) is 13.8 Å². The molecule has 25 heavy (non-hydrogen) atoms. The number of benzene rings is 2. The molecule has 2 aromatic rings. The SMILES string of the molecule is Cc1ccc(C)c(OCC(=O)NNC(=O)COc2ccc(Br)cc2)c1. The summed E-state index contributed by atoms with van der Waals surface area (Å²) in [6.45, 7) is 3.43. The Labute approximate surface area is 154 Å². The van der Waals surface area contributed by atoms with E-state index in [9.17, 15) is 9.59 Å². The first kappa shape index (κ1) is 18.8. The number of ether oxygens (including phenoxy) is 2. The summed E-state index contributed by atoms with van der Waals surface area (Å²) in [7, 11) is 0. The van der Waals surface area contributed by atoms with Gasteiger partial charge in [-0.25, -0.2) is 0 Å². The molecule has 2 rings (SSSR count). The van der Waals surface area contributed by atoms with E-state index in [2.05, 4.69) is 26.8 Å². The van der Waals surface area contributed by atoms with Crippen LogP contribution in [0.25, 0.3) is 0 Å². The Morgan fingerprint density at radius 3 is 2.16 bits per heavy atom. The van der Waals surface area contributed by atoms with Gasteiger partial charge in [0.2, 0.25) is 0 Å². The third-order valence-electron chi connectivity index (χ3n) is 3.23. The van der Waals surface area contributed by atoms with Crippen LogP contribution in [0.15, 0.2) is 46.9 Å². The van der Waals surface area contributed by atoms with Crippen LogP contribution in [0.3, 0.4) is 0 Å². The number of halogens is 1. The number of aryl methyl sites for hydroxylation is 2. The average molecular weight is 407 g/mol. The Bertz CT molecular complexity index is 747. The lowest BCUT2D eigenvalue weighted by atomic mass is 10.1. The van der Waals surface area contributed by atoms with Gasteiger partial charge in [-0.15, -0.1) is 0 Å². The van der Waals surface area contributed by atoms with Gasteiger partial charge >= 0.3 is 0 Å². The molecule has 0 bridgehead atoms. The highest BCUT2D eigenvalue weighted by atomic mass is 79.9. The molecule has 0 aliphatic rings. The summed E-state index contributed by atoms with van der Waals surface area (Å²) in [4.78, 5) is 23.4. The zero-order chi connectivity index (χ0) is 18.2. The van der Waals surface area contributed by atoms with E-state index in [1.807, 2.05) is 32.0 Å². The molecule has 0 saturated heterocycles. The molecule has 0 unspecified atom stereocenters. The van der Waals surface area contributed by atoms with Gasteiger partial charge in [-0.1, -0.05) is 28.1 Å². The molecule has 0 aromatic heterocycles. The maximum absolute atomic E-state index is 11.7. The minimum atomic E-state index is -0.469. The number of nitrogens with one attached hydrogen (secondary N) is 2. The lowest BCUT2D eigenvalue weighted by Crippen LogP contribution is -2.45. The molecule has 2 amide bonds. The second kappa shape index (κ2) is 9.08. The Morgan fingerprint density at radius 1 is 0.920 bits per heavy atom. The Hall–Kier alpha value is -2.54. The number of hydrogen-bond donors (Lipinski definition) is 2. The molecular weight excluding hydrogens is 388 g/mol. The fraction of sp³-hybridized carbons (Fsp3) is 0.222. The number of rotatable bonds is 6.